The molecule has 1 amide bonds. The number of morpholine rings is 1. The summed E-state index contributed by atoms with van der Waals surface area (Å²) in [6.07, 6.45) is 3.74. The molecule has 2 atom stereocenters. The van der Waals surface area contributed by atoms with Gasteiger partial charge in [-0.05, 0) is 63.1 Å². The molecule has 4 rings (SSSR count). The van der Waals surface area contributed by atoms with E-state index in [0.717, 1.165) is 37.4 Å². The molecule has 2 aromatic rings. The largest absolute Gasteiger partial charge is 0.382 e. The number of ether oxygens (including phenoxy) is 1. The number of amides is 1. The molecule has 0 bridgehead atoms. The smallest absolute Gasteiger partial charge is 0.255 e. The monoisotopic (exact) mass is 412 g/mol. The van der Waals surface area contributed by atoms with Crippen LogP contribution in [-0.4, -0.2) is 60.2 Å². The van der Waals surface area contributed by atoms with Crippen LogP contribution in [0.1, 0.15) is 37.0 Å². The maximum Gasteiger partial charge on any atom is 0.255 e. The zero-order chi connectivity index (χ0) is 21.1. The summed E-state index contributed by atoms with van der Waals surface area (Å²) in [4.78, 5) is 21.5. The highest BCUT2D eigenvalue weighted by Crippen LogP contribution is 2.21. The van der Waals surface area contributed by atoms with E-state index in [1.807, 2.05) is 17.0 Å². The Bertz CT molecular complexity index is 841. The molecular weight excluding hydrogens is 383 g/mol. The Labute approximate surface area is 177 Å². The zero-order valence-corrected chi connectivity index (χ0v) is 17.6. The predicted molar refractivity (Wildman–Crippen MR) is 115 cm³/mol. The fourth-order valence-corrected chi connectivity index (χ4v) is 4.26. The van der Waals surface area contributed by atoms with Crippen LogP contribution in [-0.2, 0) is 4.74 Å². The number of nitrogens with one attached hydrogen (secondary N) is 1. The van der Waals surface area contributed by atoms with Gasteiger partial charge in [-0.1, -0.05) is 0 Å². The molecule has 6 nitrogen and oxygen atoms in total. The Balaban J connectivity index is 1.31. The summed E-state index contributed by atoms with van der Waals surface area (Å²) in [5.74, 6) is 0.673. The summed E-state index contributed by atoms with van der Waals surface area (Å²) in [7, 11) is 0. The fraction of sp³-hybridized carbons (Fsp3) is 0.478. The van der Waals surface area contributed by atoms with Crippen molar-refractivity contribution in [2.75, 3.05) is 36.4 Å². The molecule has 3 heterocycles. The lowest BCUT2D eigenvalue weighted by atomic mass is 10.0. The minimum atomic E-state index is -0.238. The number of halogens is 1. The third kappa shape index (κ3) is 4.90. The first-order valence-corrected chi connectivity index (χ1v) is 10.7. The molecule has 2 fully saturated rings. The molecule has 1 aromatic carbocycles. The van der Waals surface area contributed by atoms with Gasteiger partial charge >= 0.3 is 0 Å². The molecule has 30 heavy (non-hydrogen) atoms. The van der Waals surface area contributed by atoms with Crippen molar-refractivity contribution in [3.8, 4) is 0 Å². The van der Waals surface area contributed by atoms with Gasteiger partial charge in [-0.25, -0.2) is 9.37 Å². The third-order valence-corrected chi connectivity index (χ3v) is 5.74. The summed E-state index contributed by atoms with van der Waals surface area (Å²) >= 11 is 0. The van der Waals surface area contributed by atoms with E-state index in [9.17, 15) is 9.18 Å². The second-order valence-electron chi connectivity index (χ2n) is 8.29. The normalized spacial score (nSPS) is 22.8. The lowest BCUT2D eigenvalue weighted by molar-refractivity contribution is -0.00546. The van der Waals surface area contributed by atoms with Gasteiger partial charge in [0.2, 0.25) is 0 Å². The standard InChI is InChI=1S/C23H29FN4O2/c1-16-14-28(15-17(2)30-16)22-8-3-18(13-25-22)23(29)27-11-9-21(10-12-27)26-20-6-4-19(24)5-7-20/h3-8,13,16-17,21,26H,9-12,14-15H2,1-2H3. The van der Waals surface area contributed by atoms with Crippen LogP contribution in [0.15, 0.2) is 42.6 Å². The Kier molecular flexibility index (Phi) is 6.18. The first-order valence-electron chi connectivity index (χ1n) is 10.7. The number of aromatic nitrogens is 1. The molecule has 0 spiro atoms. The molecular formula is C23H29FN4O2. The van der Waals surface area contributed by atoms with E-state index in [2.05, 4.69) is 29.0 Å². The lowest BCUT2D eigenvalue weighted by Gasteiger charge is -2.36. The molecule has 1 N–H and O–H groups in total. The van der Waals surface area contributed by atoms with Gasteiger partial charge in [0.05, 0.1) is 17.8 Å². The number of carbonyl (C=O) groups excluding carboxylic acids is 1. The van der Waals surface area contributed by atoms with Crippen LogP contribution in [0, 0.1) is 5.82 Å². The minimum absolute atomic E-state index is 0.0259. The number of nitrogens with zero attached hydrogens (tertiary/aromatic N) is 3. The number of anilines is 2. The molecule has 0 radical (unpaired) electrons. The Morgan fingerprint density at radius 2 is 1.73 bits per heavy atom. The van der Waals surface area contributed by atoms with Crippen LogP contribution in [0.3, 0.4) is 0 Å². The van der Waals surface area contributed by atoms with Gasteiger partial charge in [0, 0.05) is 44.1 Å². The van der Waals surface area contributed by atoms with Crippen molar-refractivity contribution in [1.82, 2.24) is 9.88 Å². The molecule has 2 unspecified atom stereocenters. The van der Waals surface area contributed by atoms with Crippen LogP contribution in [0.2, 0.25) is 0 Å². The predicted octanol–water partition coefficient (Wildman–Crippen LogP) is 3.55. The third-order valence-electron chi connectivity index (χ3n) is 5.74. The second-order valence-corrected chi connectivity index (χ2v) is 8.29. The quantitative estimate of drug-likeness (QED) is 0.832. The number of hydrogen-bond donors (Lipinski definition) is 1. The topological polar surface area (TPSA) is 57.7 Å². The Hall–Kier alpha value is -2.67. The van der Waals surface area contributed by atoms with Crippen molar-refractivity contribution in [2.45, 2.75) is 44.9 Å². The van der Waals surface area contributed by atoms with Crippen LogP contribution in [0.5, 0.6) is 0 Å². The van der Waals surface area contributed by atoms with Gasteiger partial charge in [0.25, 0.3) is 5.91 Å². The van der Waals surface area contributed by atoms with E-state index in [1.165, 1.54) is 12.1 Å². The molecule has 0 aliphatic carbocycles. The number of likely N-dealkylation sites (tertiary alicyclic amines) is 1. The van der Waals surface area contributed by atoms with Crippen molar-refractivity contribution in [2.24, 2.45) is 0 Å². The van der Waals surface area contributed by atoms with E-state index in [1.54, 1.807) is 18.3 Å². The van der Waals surface area contributed by atoms with E-state index in [4.69, 9.17) is 4.74 Å². The van der Waals surface area contributed by atoms with Gasteiger partial charge in [-0.3, -0.25) is 4.79 Å². The number of benzene rings is 1. The van der Waals surface area contributed by atoms with Crippen molar-refractivity contribution in [3.63, 3.8) is 0 Å². The summed E-state index contributed by atoms with van der Waals surface area (Å²) in [5, 5.41) is 3.43. The molecule has 2 saturated heterocycles. The maximum atomic E-state index is 13.0. The van der Waals surface area contributed by atoms with E-state index in [-0.39, 0.29) is 30.0 Å². The fourth-order valence-electron chi connectivity index (χ4n) is 4.26. The molecule has 1 aromatic heterocycles. The minimum Gasteiger partial charge on any atom is -0.382 e. The summed E-state index contributed by atoms with van der Waals surface area (Å²) in [6, 6.07) is 10.5. The van der Waals surface area contributed by atoms with Gasteiger partial charge in [-0.2, -0.15) is 0 Å². The van der Waals surface area contributed by atoms with Gasteiger partial charge in [-0.15, -0.1) is 0 Å². The highest BCUT2D eigenvalue weighted by molar-refractivity contribution is 5.94. The van der Waals surface area contributed by atoms with Crippen molar-refractivity contribution in [1.29, 1.82) is 0 Å². The lowest BCUT2D eigenvalue weighted by Crippen LogP contribution is -2.46. The average Bonchev–Trinajstić information content (AvgIpc) is 2.75. The van der Waals surface area contributed by atoms with Gasteiger partial charge in [0.1, 0.15) is 11.6 Å². The van der Waals surface area contributed by atoms with Crippen LogP contribution in [0.4, 0.5) is 15.9 Å². The number of carbonyl (C=O) groups is 1. The van der Waals surface area contributed by atoms with E-state index in [0.29, 0.717) is 18.7 Å². The van der Waals surface area contributed by atoms with Crippen molar-refractivity contribution >= 4 is 17.4 Å². The van der Waals surface area contributed by atoms with Gasteiger partial charge in [0.15, 0.2) is 0 Å². The SMILES string of the molecule is CC1CN(c2ccc(C(=O)N3CCC(Nc4ccc(F)cc4)CC3)cn2)CC(C)O1. The van der Waals surface area contributed by atoms with Crippen molar-refractivity contribution in [3.05, 3.63) is 54.0 Å². The Morgan fingerprint density at radius 3 is 2.33 bits per heavy atom. The number of piperidine rings is 1. The average molecular weight is 413 g/mol. The highest BCUT2D eigenvalue weighted by atomic mass is 19.1. The molecule has 160 valence electrons. The first kappa shape index (κ1) is 20.6. The zero-order valence-electron chi connectivity index (χ0n) is 17.6. The van der Waals surface area contributed by atoms with E-state index < -0.39 is 0 Å². The first-order chi connectivity index (χ1) is 14.5. The molecule has 2 aliphatic heterocycles. The van der Waals surface area contributed by atoms with Crippen LogP contribution in [0.25, 0.3) is 0 Å². The number of rotatable bonds is 4. The summed E-state index contributed by atoms with van der Waals surface area (Å²) in [6.45, 7) is 7.12. The molecule has 0 saturated carbocycles. The number of pyridine rings is 1. The van der Waals surface area contributed by atoms with E-state index >= 15 is 0 Å². The summed E-state index contributed by atoms with van der Waals surface area (Å²) < 4.78 is 18.8. The maximum absolute atomic E-state index is 13.0. The van der Waals surface area contributed by atoms with Gasteiger partial charge < -0.3 is 19.9 Å². The van der Waals surface area contributed by atoms with Crippen LogP contribution >= 0.6 is 0 Å². The molecule has 7 heteroatoms. The van der Waals surface area contributed by atoms with Crippen LogP contribution < -0.4 is 10.2 Å². The second kappa shape index (κ2) is 9.00. The summed E-state index contributed by atoms with van der Waals surface area (Å²) in [5.41, 5.74) is 1.53. The highest BCUT2D eigenvalue weighted by Gasteiger charge is 2.25. The Morgan fingerprint density at radius 1 is 1.07 bits per heavy atom. The van der Waals surface area contributed by atoms with Crippen molar-refractivity contribution < 1.29 is 13.9 Å². The number of hydrogen-bond acceptors (Lipinski definition) is 5. The molecule has 2 aliphatic rings.